The molecule has 1 amide bonds. The van der Waals surface area contributed by atoms with E-state index in [4.69, 9.17) is 5.21 Å². The van der Waals surface area contributed by atoms with Gasteiger partial charge in [-0.2, -0.15) is 0 Å². The minimum atomic E-state index is -1.96. The summed E-state index contributed by atoms with van der Waals surface area (Å²) in [6.07, 6.45) is 2.31. The fourth-order valence-electron chi connectivity index (χ4n) is 1.34. The van der Waals surface area contributed by atoms with E-state index in [1.165, 1.54) is 0 Å². The van der Waals surface area contributed by atoms with Gasteiger partial charge in [-0.05, 0) is 34.3 Å². The van der Waals surface area contributed by atoms with E-state index in [0.29, 0.717) is 18.7 Å². The number of carbonyl (C=O) groups is 1. The lowest BCUT2D eigenvalue weighted by molar-refractivity contribution is -0.132. The maximum absolute atomic E-state index is 11.3. The average molecular weight is 250 g/mol. The average Bonchev–Trinajstić information content (AvgIpc) is 2.14. The van der Waals surface area contributed by atoms with Crippen molar-refractivity contribution >= 4 is 21.3 Å². The van der Waals surface area contributed by atoms with Crippen LogP contribution in [-0.2, 0) is 14.3 Å². The molecule has 0 aliphatic carbocycles. The summed E-state index contributed by atoms with van der Waals surface area (Å²) in [6, 6.07) is -0.428. The van der Waals surface area contributed by atoms with Crippen molar-refractivity contribution in [3.05, 3.63) is 0 Å². The molecule has 0 fully saturated rings. The first kappa shape index (κ1) is 15.4. The second kappa shape index (κ2) is 6.88. The second-order valence-corrected chi connectivity index (χ2v) is 7.17. The predicted octanol–water partition coefficient (Wildman–Crippen LogP) is -0.158. The van der Waals surface area contributed by atoms with Crippen LogP contribution in [0.2, 0.25) is 0 Å². The van der Waals surface area contributed by atoms with Crippen LogP contribution in [0, 0.1) is 5.92 Å². The van der Waals surface area contributed by atoms with Crippen molar-refractivity contribution in [1.82, 2.24) is 10.8 Å². The van der Waals surface area contributed by atoms with Gasteiger partial charge in [-0.15, -0.1) is 0 Å². The summed E-state index contributed by atoms with van der Waals surface area (Å²) >= 11 is 0. The molecule has 0 aromatic carbocycles. The molecule has 0 heterocycles. The standard InChI is InChI=1S/C10H22N2O3S/c1-8(2)9(10(13)12-14)11-6-5-7-16(3,4)15/h8-9,11,14H,3,5-7H2,1-2,4H3,(H,12,13)/t9-,16?/m0/s1. The van der Waals surface area contributed by atoms with E-state index >= 15 is 0 Å². The molecular formula is C10H22N2O3S. The van der Waals surface area contributed by atoms with Crippen LogP contribution in [0.1, 0.15) is 20.3 Å². The molecule has 3 N–H and O–H groups in total. The molecule has 0 rings (SSSR count). The minimum absolute atomic E-state index is 0.0814. The van der Waals surface area contributed by atoms with Crippen molar-refractivity contribution in [2.24, 2.45) is 5.92 Å². The highest BCUT2D eigenvalue weighted by atomic mass is 32.2. The van der Waals surface area contributed by atoms with Gasteiger partial charge >= 0.3 is 0 Å². The third kappa shape index (κ3) is 6.81. The maximum Gasteiger partial charge on any atom is 0.260 e. The second-order valence-electron chi connectivity index (χ2n) is 4.39. The Morgan fingerprint density at radius 1 is 1.50 bits per heavy atom. The van der Waals surface area contributed by atoms with Gasteiger partial charge in [-0.25, -0.2) is 5.48 Å². The highest BCUT2D eigenvalue weighted by molar-refractivity contribution is 7.99. The van der Waals surface area contributed by atoms with Crippen molar-refractivity contribution in [3.63, 3.8) is 0 Å². The number of nitrogens with one attached hydrogen (secondary N) is 2. The van der Waals surface area contributed by atoms with Crippen LogP contribution in [0.4, 0.5) is 0 Å². The molecule has 0 saturated heterocycles. The first-order chi connectivity index (χ1) is 7.28. The van der Waals surface area contributed by atoms with E-state index in [2.05, 4.69) is 11.2 Å². The van der Waals surface area contributed by atoms with Crippen molar-refractivity contribution in [2.45, 2.75) is 26.3 Å². The van der Waals surface area contributed by atoms with E-state index in [1.807, 2.05) is 13.8 Å². The molecule has 0 radical (unpaired) electrons. The zero-order chi connectivity index (χ0) is 12.8. The highest BCUT2D eigenvalue weighted by Gasteiger charge is 2.20. The van der Waals surface area contributed by atoms with Crippen LogP contribution < -0.4 is 10.8 Å². The van der Waals surface area contributed by atoms with Gasteiger partial charge in [0.05, 0.1) is 6.04 Å². The number of hydrogen-bond donors (Lipinski definition) is 3. The summed E-state index contributed by atoms with van der Waals surface area (Å²) in [4.78, 5) is 11.3. The summed E-state index contributed by atoms with van der Waals surface area (Å²) in [5, 5.41) is 11.6. The predicted molar refractivity (Wildman–Crippen MR) is 67.2 cm³/mol. The molecule has 96 valence electrons. The first-order valence-corrected chi connectivity index (χ1v) is 7.55. The fraction of sp³-hybridized carbons (Fsp3) is 0.800. The fourth-order valence-corrected chi connectivity index (χ4v) is 2.09. The quantitative estimate of drug-likeness (QED) is 0.254. The lowest BCUT2D eigenvalue weighted by Gasteiger charge is -2.20. The molecule has 0 spiro atoms. The number of rotatable bonds is 7. The van der Waals surface area contributed by atoms with Gasteiger partial charge in [-0.1, -0.05) is 13.8 Å². The number of hydroxylamine groups is 1. The zero-order valence-corrected chi connectivity index (χ0v) is 11.0. The summed E-state index contributed by atoms with van der Waals surface area (Å²) in [6.45, 7) is 4.35. The van der Waals surface area contributed by atoms with Crippen LogP contribution in [0.5, 0.6) is 0 Å². The van der Waals surface area contributed by atoms with E-state index < -0.39 is 21.5 Å². The Kier molecular flexibility index (Phi) is 6.62. The van der Waals surface area contributed by atoms with E-state index in [9.17, 15) is 9.00 Å². The normalized spacial score (nSPS) is 16.8. The Morgan fingerprint density at radius 3 is 2.44 bits per heavy atom. The van der Waals surface area contributed by atoms with Gasteiger partial charge in [0.25, 0.3) is 5.91 Å². The smallest absolute Gasteiger partial charge is 0.260 e. The molecule has 0 saturated carbocycles. The van der Waals surface area contributed by atoms with Gasteiger partial charge < -0.3 is 5.32 Å². The molecule has 0 aliphatic heterocycles. The van der Waals surface area contributed by atoms with Gasteiger partial charge in [0.15, 0.2) is 0 Å². The lowest BCUT2D eigenvalue weighted by Crippen LogP contribution is -2.47. The molecule has 0 aromatic rings. The maximum atomic E-state index is 11.3. The van der Waals surface area contributed by atoms with Crippen LogP contribution in [-0.4, -0.2) is 45.8 Å². The first-order valence-electron chi connectivity index (χ1n) is 5.25. The number of amides is 1. The molecule has 0 bridgehead atoms. The number of hydrogen-bond acceptors (Lipinski definition) is 4. The van der Waals surface area contributed by atoms with Gasteiger partial charge in [0, 0.05) is 12.0 Å². The Hall–Kier alpha value is -0.590. The third-order valence-electron chi connectivity index (χ3n) is 2.18. The van der Waals surface area contributed by atoms with Crippen LogP contribution in [0.15, 0.2) is 0 Å². The minimum Gasteiger partial charge on any atom is -0.306 e. The Morgan fingerprint density at radius 2 is 2.06 bits per heavy atom. The summed E-state index contributed by atoms with van der Waals surface area (Å²) < 4.78 is 11.3. The van der Waals surface area contributed by atoms with Crippen molar-refractivity contribution < 1.29 is 14.2 Å². The molecule has 16 heavy (non-hydrogen) atoms. The largest absolute Gasteiger partial charge is 0.306 e. The SMILES string of the molecule is C=S(C)(=O)CCCN[C@H](C(=O)NO)C(C)C. The van der Waals surface area contributed by atoms with Gasteiger partial charge in [0.1, 0.15) is 0 Å². The van der Waals surface area contributed by atoms with Crippen molar-refractivity contribution in [2.75, 3.05) is 18.6 Å². The Balaban J connectivity index is 4.00. The third-order valence-corrected chi connectivity index (χ3v) is 3.33. The molecule has 0 aliphatic rings. The molecule has 0 aromatic heterocycles. The molecular weight excluding hydrogens is 228 g/mol. The number of carbonyl (C=O) groups excluding carboxylic acids is 1. The van der Waals surface area contributed by atoms with E-state index in [1.54, 1.807) is 11.7 Å². The van der Waals surface area contributed by atoms with Crippen LogP contribution >= 0.6 is 0 Å². The molecule has 6 heteroatoms. The van der Waals surface area contributed by atoms with Crippen LogP contribution in [0.25, 0.3) is 0 Å². The molecule has 5 nitrogen and oxygen atoms in total. The summed E-state index contributed by atoms with van der Waals surface area (Å²) in [7, 11) is -1.96. The topological polar surface area (TPSA) is 78.4 Å². The zero-order valence-electron chi connectivity index (χ0n) is 10.2. The Labute approximate surface area is 97.6 Å². The molecule has 2 atom stereocenters. The van der Waals surface area contributed by atoms with Gasteiger partial charge in [0.2, 0.25) is 0 Å². The van der Waals surface area contributed by atoms with Crippen molar-refractivity contribution in [1.29, 1.82) is 0 Å². The monoisotopic (exact) mass is 250 g/mol. The van der Waals surface area contributed by atoms with Crippen molar-refractivity contribution in [3.8, 4) is 0 Å². The lowest BCUT2D eigenvalue weighted by atomic mass is 10.0. The molecule has 1 unspecified atom stereocenters. The van der Waals surface area contributed by atoms with E-state index in [-0.39, 0.29) is 5.92 Å². The van der Waals surface area contributed by atoms with E-state index in [0.717, 1.165) is 0 Å². The summed E-state index contributed by atoms with van der Waals surface area (Å²) in [5.74, 6) is 3.73. The Bertz CT molecular complexity index is 312. The van der Waals surface area contributed by atoms with Gasteiger partial charge in [-0.3, -0.25) is 14.2 Å². The summed E-state index contributed by atoms with van der Waals surface area (Å²) in [5.41, 5.74) is 1.63. The van der Waals surface area contributed by atoms with Crippen LogP contribution in [0.3, 0.4) is 0 Å². The highest BCUT2D eigenvalue weighted by Crippen LogP contribution is 2.01.